The van der Waals surface area contributed by atoms with Gasteiger partial charge in [0.2, 0.25) is 0 Å². The molecule has 10 nitrogen and oxygen atoms in total. The Hall–Kier alpha value is -2.92. The van der Waals surface area contributed by atoms with Crippen LogP contribution in [-0.4, -0.2) is 61.2 Å². The van der Waals surface area contributed by atoms with Crippen LogP contribution in [0.1, 0.15) is 56.1 Å². The first-order valence-corrected chi connectivity index (χ1v) is 11.7. The second kappa shape index (κ2) is 9.38. The van der Waals surface area contributed by atoms with Crippen LogP contribution in [0.4, 0.5) is 5.82 Å². The summed E-state index contributed by atoms with van der Waals surface area (Å²) in [4.78, 5) is 25.8. The number of anilines is 1. The van der Waals surface area contributed by atoms with E-state index in [1.54, 1.807) is 35.2 Å². The first kappa shape index (κ1) is 22.9. The SMILES string of the molecule is CC[C@H]1O[C@@H](n2cnc3c(NC(=O)c4ccccc4)ncnc32)[C@](C)(OC2CCCCO2)[C@@H]1O. The van der Waals surface area contributed by atoms with E-state index in [1.165, 1.54) is 6.33 Å². The molecule has 0 radical (unpaired) electrons. The van der Waals surface area contributed by atoms with Crippen molar-refractivity contribution < 1.29 is 24.1 Å². The van der Waals surface area contributed by atoms with E-state index in [2.05, 4.69) is 20.3 Å². The van der Waals surface area contributed by atoms with Gasteiger partial charge in [0.05, 0.1) is 12.4 Å². The Kier molecular flexibility index (Phi) is 6.30. The van der Waals surface area contributed by atoms with Crippen molar-refractivity contribution in [1.29, 1.82) is 0 Å². The maximum Gasteiger partial charge on any atom is 0.256 e. The van der Waals surface area contributed by atoms with Crippen molar-refractivity contribution in [3.8, 4) is 0 Å². The van der Waals surface area contributed by atoms with Gasteiger partial charge >= 0.3 is 0 Å². The number of fused-ring (bicyclic) bond motifs is 1. The zero-order chi connectivity index (χ0) is 23.7. The van der Waals surface area contributed by atoms with E-state index in [4.69, 9.17) is 14.2 Å². The van der Waals surface area contributed by atoms with E-state index in [-0.39, 0.29) is 5.91 Å². The number of carbonyl (C=O) groups is 1. The molecule has 2 aliphatic heterocycles. The lowest BCUT2D eigenvalue weighted by atomic mass is 9.94. The van der Waals surface area contributed by atoms with Crippen LogP contribution < -0.4 is 5.32 Å². The van der Waals surface area contributed by atoms with E-state index >= 15 is 0 Å². The molecule has 1 amide bonds. The second-order valence-corrected chi connectivity index (χ2v) is 8.84. The highest BCUT2D eigenvalue weighted by Gasteiger charge is 2.56. The van der Waals surface area contributed by atoms with E-state index in [1.807, 2.05) is 19.9 Å². The molecule has 0 saturated carbocycles. The molecule has 0 aliphatic carbocycles. The first-order chi connectivity index (χ1) is 16.5. The Labute approximate surface area is 197 Å². The number of hydrogen-bond donors (Lipinski definition) is 2. The minimum absolute atomic E-state index is 0.293. The minimum atomic E-state index is -1.09. The van der Waals surface area contributed by atoms with Crippen molar-refractivity contribution in [2.45, 2.75) is 69.9 Å². The molecule has 1 unspecified atom stereocenters. The van der Waals surface area contributed by atoms with Gasteiger partial charge in [0.15, 0.2) is 29.5 Å². The van der Waals surface area contributed by atoms with Crippen LogP contribution in [0.5, 0.6) is 0 Å². The molecule has 2 saturated heterocycles. The molecule has 10 heteroatoms. The second-order valence-electron chi connectivity index (χ2n) is 8.84. The topological polar surface area (TPSA) is 121 Å². The third-order valence-corrected chi connectivity index (χ3v) is 6.54. The van der Waals surface area contributed by atoms with E-state index in [9.17, 15) is 9.90 Å². The highest BCUT2D eigenvalue weighted by molar-refractivity contribution is 6.06. The van der Waals surface area contributed by atoms with Gasteiger partial charge in [-0.2, -0.15) is 0 Å². The summed E-state index contributed by atoms with van der Waals surface area (Å²) >= 11 is 0. The van der Waals surface area contributed by atoms with E-state index < -0.39 is 30.3 Å². The summed E-state index contributed by atoms with van der Waals surface area (Å²) in [5.41, 5.74) is 0.303. The number of rotatable bonds is 6. The Morgan fingerprint density at radius 1 is 1.26 bits per heavy atom. The van der Waals surface area contributed by atoms with E-state index in [0.717, 1.165) is 19.3 Å². The van der Waals surface area contributed by atoms with Gasteiger partial charge in [-0.3, -0.25) is 9.36 Å². The Morgan fingerprint density at radius 2 is 2.09 bits per heavy atom. The third-order valence-electron chi connectivity index (χ3n) is 6.54. The molecule has 3 aromatic rings. The number of nitrogens with one attached hydrogen (secondary N) is 1. The molecule has 2 N–H and O–H groups in total. The van der Waals surface area contributed by atoms with Crippen LogP contribution in [0.15, 0.2) is 43.0 Å². The average molecular weight is 468 g/mol. The highest BCUT2D eigenvalue weighted by Crippen LogP contribution is 2.44. The number of aliphatic hydroxyl groups excluding tert-OH is 1. The summed E-state index contributed by atoms with van der Waals surface area (Å²) in [6.07, 6.45) is 3.91. The Bertz CT molecular complexity index is 1150. The number of aromatic nitrogens is 4. The maximum atomic E-state index is 12.7. The fourth-order valence-corrected chi connectivity index (χ4v) is 4.65. The molecular weight excluding hydrogens is 438 g/mol. The van der Waals surface area contributed by atoms with Gasteiger partial charge < -0.3 is 24.6 Å². The fourth-order valence-electron chi connectivity index (χ4n) is 4.65. The third kappa shape index (κ3) is 4.07. The molecule has 180 valence electrons. The van der Waals surface area contributed by atoms with Crippen LogP contribution in [0, 0.1) is 0 Å². The zero-order valence-corrected chi connectivity index (χ0v) is 19.3. The molecule has 34 heavy (non-hydrogen) atoms. The molecule has 4 heterocycles. The van der Waals surface area contributed by atoms with Crippen LogP contribution in [0.3, 0.4) is 0 Å². The zero-order valence-electron chi connectivity index (χ0n) is 19.3. The van der Waals surface area contributed by atoms with Crippen molar-refractivity contribution in [3.63, 3.8) is 0 Å². The summed E-state index contributed by atoms with van der Waals surface area (Å²) < 4.78 is 20.2. The van der Waals surface area contributed by atoms with Crippen LogP contribution >= 0.6 is 0 Å². The van der Waals surface area contributed by atoms with Gasteiger partial charge in [-0.05, 0) is 44.7 Å². The molecule has 0 bridgehead atoms. The largest absolute Gasteiger partial charge is 0.387 e. The van der Waals surface area contributed by atoms with E-state index in [0.29, 0.717) is 35.6 Å². The summed E-state index contributed by atoms with van der Waals surface area (Å²) in [5.74, 6) is -0.00206. The maximum absolute atomic E-state index is 12.7. The highest BCUT2D eigenvalue weighted by atomic mass is 16.7. The lowest BCUT2D eigenvalue weighted by Crippen LogP contribution is -2.49. The number of hydrogen-bond acceptors (Lipinski definition) is 8. The molecule has 5 rings (SSSR count). The monoisotopic (exact) mass is 467 g/mol. The van der Waals surface area contributed by atoms with Gasteiger partial charge in [-0.25, -0.2) is 15.0 Å². The van der Waals surface area contributed by atoms with Crippen molar-refractivity contribution in [2.75, 3.05) is 11.9 Å². The van der Waals surface area contributed by atoms with Crippen LogP contribution in [0.2, 0.25) is 0 Å². The van der Waals surface area contributed by atoms with Crippen LogP contribution in [0.25, 0.3) is 11.2 Å². The molecule has 2 aliphatic rings. The first-order valence-electron chi connectivity index (χ1n) is 11.7. The van der Waals surface area contributed by atoms with Crippen molar-refractivity contribution in [1.82, 2.24) is 19.5 Å². The number of aliphatic hydroxyl groups is 1. The summed E-state index contributed by atoms with van der Waals surface area (Å²) in [6.45, 7) is 4.42. The molecule has 5 atom stereocenters. The number of imidazole rings is 1. The Balaban J connectivity index is 1.47. The smallest absolute Gasteiger partial charge is 0.256 e. The van der Waals surface area contributed by atoms with Gasteiger partial charge in [0, 0.05) is 12.2 Å². The molecule has 0 spiro atoms. The van der Waals surface area contributed by atoms with Gasteiger partial charge in [-0.1, -0.05) is 25.1 Å². The van der Waals surface area contributed by atoms with Crippen LogP contribution in [-0.2, 0) is 14.2 Å². The molecule has 2 aromatic heterocycles. The number of amides is 1. The predicted molar refractivity (Wildman–Crippen MR) is 123 cm³/mol. The molecule has 2 fully saturated rings. The quantitative estimate of drug-likeness (QED) is 0.568. The lowest BCUT2D eigenvalue weighted by molar-refractivity contribution is -0.256. The van der Waals surface area contributed by atoms with Gasteiger partial charge in [0.1, 0.15) is 18.0 Å². The van der Waals surface area contributed by atoms with Crippen molar-refractivity contribution in [3.05, 3.63) is 48.5 Å². The molecule has 1 aromatic carbocycles. The Morgan fingerprint density at radius 3 is 2.82 bits per heavy atom. The standard InChI is InChI=1S/C24H29N5O5/c1-3-16-19(30)24(2,34-17-11-7-8-12-32-17)23(33-16)29-14-27-18-20(25-13-26-21(18)29)28-22(31)15-9-5-4-6-10-15/h4-6,9-10,13-14,16-17,19,23,30H,3,7-8,11-12H2,1-2H3,(H,25,26,28,31)/t16-,17?,19-,23-,24-/m1/s1. The molecular formula is C24H29N5O5. The minimum Gasteiger partial charge on any atom is -0.387 e. The summed E-state index contributed by atoms with van der Waals surface area (Å²) in [6, 6.07) is 8.88. The number of benzene rings is 1. The summed E-state index contributed by atoms with van der Waals surface area (Å²) in [7, 11) is 0. The fraction of sp³-hybridized carbons (Fsp3) is 0.500. The van der Waals surface area contributed by atoms with Crippen molar-refractivity contribution >= 4 is 22.9 Å². The van der Waals surface area contributed by atoms with Gasteiger partial charge in [-0.15, -0.1) is 0 Å². The van der Waals surface area contributed by atoms with Crippen molar-refractivity contribution in [2.24, 2.45) is 0 Å². The summed E-state index contributed by atoms with van der Waals surface area (Å²) in [5, 5.41) is 14.0. The van der Waals surface area contributed by atoms with Gasteiger partial charge in [0.25, 0.3) is 5.91 Å². The number of carbonyl (C=O) groups excluding carboxylic acids is 1. The predicted octanol–water partition coefficient (Wildman–Crippen LogP) is 3.05. The average Bonchev–Trinajstić information content (AvgIpc) is 3.39. The normalized spacial score (nSPS) is 29.4. The lowest BCUT2D eigenvalue weighted by Gasteiger charge is -2.37. The number of nitrogens with zero attached hydrogens (tertiary/aromatic N) is 4. The number of ether oxygens (including phenoxy) is 3.